The fourth-order valence-corrected chi connectivity index (χ4v) is 4.20. The minimum absolute atomic E-state index is 0.0963. The first kappa shape index (κ1) is 13.9. The summed E-state index contributed by atoms with van der Waals surface area (Å²) in [6.07, 6.45) is 8.88. The van der Waals surface area contributed by atoms with Gasteiger partial charge in [-0.3, -0.25) is 4.98 Å². The van der Waals surface area contributed by atoms with E-state index in [1.807, 2.05) is 18.3 Å². The molecule has 2 nitrogen and oxygen atoms in total. The van der Waals surface area contributed by atoms with E-state index in [0.717, 1.165) is 22.1 Å². The zero-order valence-electron chi connectivity index (χ0n) is 11.8. The van der Waals surface area contributed by atoms with Crippen molar-refractivity contribution in [3.05, 3.63) is 42.1 Å². The van der Waals surface area contributed by atoms with Crippen molar-refractivity contribution in [3.63, 3.8) is 0 Å². The molecule has 1 fully saturated rings. The predicted molar refractivity (Wildman–Crippen MR) is 88.0 cm³/mol. The molecule has 1 aliphatic rings. The van der Waals surface area contributed by atoms with E-state index < -0.39 is 0 Å². The molecular weight excluding hydrogens is 264 g/mol. The Labute approximate surface area is 125 Å². The van der Waals surface area contributed by atoms with Gasteiger partial charge in [-0.2, -0.15) is 11.8 Å². The van der Waals surface area contributed by atoms with E-state index in [0.29, 0.717) is 0 Å². The van der Waals surface area contributed by atoms with E-state index in [9.17, 15) is 0 Å². The number of nitrogens with zero attached hydrogens (tertiary/aromatic N) is 1. The largest absolute Gasteiger partial charge is 0.323 e. The van der Waals surface area contributed by atoms with Gasteiger partial charge in [0.25, 0.3) is 0 Å². The molecule has 0 amide bonds. The number of rotatable bonds is 4. The van der Waals surface area contributed by atoms with Gasteiger partial charge in [0.15, 0.2) is 0 Å². The Balaban J connectivity index is 1.64. The van der Waals surface area contributed by atoms with Crippen LogP contribution in [-0.4, -0.2) is 16.0 Å². The molecule has 1 heterocycles. The molecule has 0 spiro atoms. The van der Waals surface area contributed by atoms with Gasteiger partial charge in [0.2, 0.25) is 0 Å². The fraction of sp³-hybridized carbons (Fsp3) is 0.471. The van der Waals surface area contributed by atoms with Crippen LogP contribution in [0.3, 0.4) is 0 Å². The quantitative estimate of drug-likeness (QED) is 0.910. The molecule has 2 N–H and O–H groups in total. The molecular formula is C17H22N2S. The Hall–Kier alpha value is -1.06. The maximum Gasteiger partial charge on any atom is 0.0702 e. The first-order valence-corrected chi connectivity index (χ1v) is 8.60. The minimum Gasteiger partial charge on any atom is -0.323 e. The van der Waals surface area contributed by atoms with Gasteiger partial charge in [-0.05, 0) is 30.5 Å². The van der Waals surface area contributed by atoms with E-state index >= 15 is 0 Å². The zero-order valence-corrected chi connectivity index (χ0v) is 12.6. The molecule has 0 radical (unpaired) electrons. The summed E-state index contributed by atoms with van der Waals surface area (Å²) in [6.45, 7) is 0. The van der Waals surface area contributed by atoms with Crippen molar-refractivity contribution in [2.75, 3.05) is 5.75 Å². The molecule has 0 bridgehead atoms. The summed E-state index contributed by atoms with van der Waals surface area (Å²) in [5.74, 6) is 1.00. The Morgan fingerprint density at radius 1 is 1.20 bits per heavy atom. The molecule has 106 valence electrons. The SMILES string of the molecule is NC(CSC1CCCCC1)c1cnc2ccccc2c1. The number of pyridine rings is 1. The van der Waals surface area contributed by atoms with Crippen molar-refractivity contribution in [2.24, 2.45) is 5.73 Å². The Morgan fingerprint density at radius 3 is 2.85 bits per heavy atom. The van der Waals surface area contributed by atoms with Crippen molar-refractivity contribution in [1.82, 2.24) is 4.98 Å². The average molecular weight is 286 g/mol. The fourth-order valence-electron chi connectivity index (χ4n) is 2.86. The highest BCUT2D eigenvalue weighted by Gasteiger charge is 2.16. The normalized spacial score (nSPS) is 18.2. The highest BCUT2D eigenvalue weighted by molar-refractivity contribution is 7.99. The summed E-state index contributed by atoms with van der Waals surface area (Å²) in [6, 6.07) is 10.5. The van der Waals surface area contributed by atoms with Gasteiger partial charge in [0, 0.05) is 28.6 Å². The first-order chi connectivity index (χ1) is 9.83. The summed E-state index contributed by atoms with van der Waals surface area (Å²) >= 11 is 2.05. The van der Waals surface area contributed by atoms with Gasteiger partial charge in [0.05, 0.1) is 5.52 Å². The lowest BCUT2D eigenvalue weighted by atomic mass is 10.0. The third-order valence-electron chi connectivity index (χ3n) is 4.10. The maximum atomic E-state index is 6.34. The van der Waals surface area contributed by atoms with Crippen molar-refractivity contribution < 1.29 is 0 Å². The van der Waals surface area contributed by atoms with E-state index in [4.69, 9.17) is 5.73 Å². The molecule has 20 heavy (non-hydrogen) atoms. The second kappa shape index (κ2) is 6.59. The Bertz CT molecular complexity index is 564. The van der Waals surface area contributed by atoms with Crippen LogP contribution in [0.4, 0.5) is 0 Å². The minimum atomic E-state index is 0.0963. The maximum absolute atomic E-state index is 6.34. The lowest BCUT2D eigenvalue weighted by Gasteiger charge is -2.22. The number of nitrogens with two attached hydrogens (primary N) is 1. The molecule has 0 aliphatic heterocycles. The Morgan fingerprint density at radius 2 is 2.00 bits per heavy atom. The van der Waals surface area contributed by atoms with Crippen LogP contribution in [0.25, 0.3) is 10.9 Å². The van der Waals surface area contributed by atoms with Gasteiger partial charge in [-0.15, -0.1) is 0 Å². The van der Waals surface area contributed by atoms with Crippen LogP contribution in [0, 0.1) is 0 Å². The van der Waals surface area contributed by atoms with Crippen LogP contribution in [0.15, 0.2) is 36.5 Å². The van der Waals surface area contributed by atoms with Crippen LogP contribution in [-0.2, 0) is 0 Å². The van der Waals surface area contributed by atoms with E-state index in [2.05, 4.69) is 34.9 Å². The molecule has 1 aromatic carbocycles. The molecule has 1 saturated carbocycles. The number of aromatic nitrogens is 1. The summed E-state index contributed by atoms with van der Waals surface area (Å²) in [4.78, 5) is 4.51. The van der Waals surface area contributed by atoms with Crippen LogP contribution >= 0.6 is 11.8 Å². The van der Waals surface area contributed by atoms with Crippen LogP contribution in [0.5, 0.6) is 0 Å². The number of hydrogen-bond acceptors (Lipinski definition) is 3. The van der Waals surface area contributed by atoms with Gasteiger partial charge in [-0.25, -0.2) is 0 Å². The summed E-state index contributed by atoms with van der Waals surface area (Å²) in [7, 11) is 0. The van der Waals surface area contributed by atoms with Crippen LogP contribution in [0.1, 0.15) is 43.7 Å². The molecule has 1 aromatic heterocycles. The average Bonchev–Trinajstić information content (AvgIpc) is 2.53. The third-order valence-corrected chi connectivity index (χ3v) is 5.60. The van der Waals surface area contributed by atoms with E-state index in [1.165, 1.54) is 37.5 Å². The number of benzene rings is 1. The van der Waals surface area contributed by atoms with E-state index in [1.54, 1.807) is 0 Å². The van der Waals surface area contributed by atoms with E-state index in [-0.39, 0.29) is 6.04 Å². The Kier molecular flexibility index (Phi) is 4.58. The van der Waals surface area contributed by atoms with Crippen molar-refractivity contribution in [2.45, 2.75) is 43.4 Å². The topological polar surface area (TPSA) is 38.9 Å². The summed E-state index contributed by atoms with van der Waals surface area (Å²) in [5.41, 5.74) is 8.55. The number of thioether (sulfide) groups is 1. The van der Waals surface area contributed by atoms with Crippen LogP contribution in [0.2, 0.25) is 0 Å². The first-order valence-electron chi connectivity index (χ1n) is 7.55. The molecule has 0 saturated heterocycles. The predicted octanol–water partition coefficient (Wildman–Crippen LogP) is 4.30. The number of para-hydroxylation sites is 1. The van der Waals surface area contributed by atoms with Crippen molar-refractivity contribution in [1.29, 1.82) is 0 Å². The molecule has 1 aliphatic carbocycles. The lowest BCUT2D eigenvalue weighted by Crippen LogP contribution is -2.17. The molecule has 3 rings (SSSR count). The summed E-state index contributed by atoms with van der Waals surface area (Å²) in [5, 5.41) is 2.01. The van der Waals surface area contributed by atoms with Crippen molar-refractivity contribution in [3.8, 4) is 0 Å². The van der Waals surface area contributed by atoms with Gasteiger partial charge >= 0.3 is 0 Å². The standard InChI is InChI=1S/C17H22N2S/c18-16(12-20-15-7-2-1-3-8-15)14-10-13-6-4-5-9-17(13)19-11-14/h4-6,9-11,15-16H,1-3,7-8,12,18H2. The van der Waals surface area contributed by atoms with Crippen LogP contribution < -0.4 is 5.73 Å². The number of hydrogen-bond donors (Lipinski definition) is 1. The van der Waals surface area contributed by atoms with Crippen molar-refractivity contribution >= 4 is 22.7 Å². The van der Waals surface area contributed by atoms with Gasteiger partial charge < -0.3 is 5.73 Å². The molecule has 3 heteroatoms. The monoisotopic (exact) mass is 286 g/mol. The smallest absolute Gasteiger partial charge is 0.0702 e. The number of fused-ring (bicyclic) bond motifs is 1. The zero-order chi connectivity index (χ0) is 13.8. The molecule has 1 unspecified atom stereocenters. The molecule has 1 atom stereocenters. The molecule has 2 aromatic rings. The lowest BCUT2D eigenvalue weighted by molar-refractivity contribution is 0.515. The van der Waals surface area contributed by atoms with Gasteiger partial charge in [-0.1, -0.05) is 37.5 Å². The second-order valence-corrected chi connectivity index (χ2v) is 6.99. The van der Waals surface area contributed by atoms with Gasteiger partial charge in [0.1, 0.15) is 0 Å². The summed E-state index contributed by atoms with van der Waals surface area (Å²) < 4.78 is 0. The third kappa shape index (κ3) is 3.33. The highest BCUT2D eigenvalue weighted by Crippen LogP contribution is 2.30. The second-order valence-electron chi connectivity index (χ2n) is 5.66. The highest BCUT2D eigenvalue weighted by atomic mass is 32.2.